The molecular weight excluding hydrogens is 378 g/mol. The van der Waals surface area contributed by atoms with E-state index >= 15 is 0 Å². The van der Waals surface area contributed by atoms with Gasteiger partial charge >= 0.3 is 0 Å². The first kappa shape index (κ1) is 21.8. The van der Waals surface area contributed by atoms with Crippen LogP contribution in [0.1, 0.15) is 55.5 Å². The van der Waals surface area contributed by atoms with E-state index in [9.17, 15) is 4.79 Å². The van der Waals surface area contributed by atoms with Crippen LogP contribution in [0.3, 0.4) is 0 Å². The zero-order valence-corrected chi connectivity index (χ0v) is 18.0. The van der Waals surface area contributed by atoms with Crippen LogP contribution in [0.15, 0.2) is 53.5 Å². The van der Waals surface area contributed by atoms with Gasteiger partial charge in [-0.3, -0.25) is 10.1 Å². The highest BCUT2D eigenvalue weighted by Gasteiger charge is 2.16. The highest BCUT2D eigenvalue weighted by Crippen LogP contribution is 2.19. The molecule has 0 unspecified atom stereocenters. The summed E-state index contributed by atoms with van der Waals surface area (Å²) in [5.41, 5.74) is 2.65. The van der Waals surface area contributed by atoms with Crippen LogP contribution in [-0.2, 0) is 4.74 Å². The van der Waals surface area contributed by atoms with Crippen molar-refractivity contribution >= 4 is 17.6 Å². The Bertz CT molecular complexity index is 856. The van der Waals surface area contributed by atoms with Crippen LogP contribution in [0.4, 0.5) is 5.69 Å². The van der Waals surface area contributed by atoms with Gasteiger partial charge in [-0.05, 0) is 67.6 Å². The third kappa shape index (κ3) is 6.32. The van der Waals surface area contributed by atoms with E-state index in [4.69, 9.17) is 9.47 Å². The molecule has 160 valence electrons. The van der Waals surface area contributed by atoms with Crippen molar-refractivity contribution in [3.8, 4) is 5.75 Å². The molecule has 2 aromatic carbocycles. The first-order chi connectivity index (χ1) is 14.5. The first-order valence-corrected chi connectivity index (χ1v) is 10.6. The lowest BCUT2D eigenvalue weighted by atomic mass is 10.0. The Morgan fingerprint density at radius 1 is 1.23 bits per heavy atom. The lowest BCUT2D eigenvalue weighted by molar-refractivity contribution is 0.0975. The molecule has 1 fully saturated rings. The second-order valence-corrected chi connectivity index (χ2v) is 7.64. The molecule has 1 aliphatic rings. The Morgan fingerprint density at radius 3 is 2.70 bits per heavy atom. The number of nitrogens with one attached hydrogen (secondary N) is 2. The SMILES string of the molecule is CCOc1ccc(C(=O)NC(=NC[C@@H]2CCCO2)Nc2cccc(C(C)C)c2)cc1. The standard InChI is InChI=1S/C24H31N3O3/c1-4-29-21-12-10-18(11-13-21)23(28)27-24(25-16-22-9-6-14-30-22)26-20-8-5-7-19(15-20)17(2)3/h5,7-8,10-13,15,17,22H,4,6,9,14,16H2,1-3H3,(H2,25,26,27,28)/t22-/m0/s1. The number of carbonyl (C=O) groups is 1. The number of hydrogen-bond donors (Lipinski definition) is 2. The zero-order chi connectivity index (χ0) is 21.3. The minimum atomic E-state index is -0.225. The summed E-state index contributed by atoms with van der Waals surface area (Å²) in [6.45, 7) is 8.11. The van der Waals surface area contributed by atoms with Gasteiger partial charge in [-0.15, -0.1) is 0 Å². The number of carbonyl (C=O) groups excluding carboxylic acids is 1. The van der Waals surface area contributed by atoms with Crippen LogP contribution in [0.5, 0.6) is 5.75 Å². The van der Waals surface area contributed by atoms with Gasteiger partial charge in [0.2, 0.25) is 5.96 Å². The van der Waals surface area contributed by atoms with Crippen molar-refractivity contribution in [3.05, 3.63) is 59.7 Å². The Labute approximate surface area is 178 Å². The molecule has 1 amide bonds. The number of ether oxygens (including phenoxy) is 2. The van der Waals surface area contributed by atoms with Crippen LogP contribution in [0, 0.1) is 0 Å². The monoisotopic (exact) mass is 409 g/mol. The van der Waals surface area contributed by atoms with Crippen molar-refractivity contribution in [1.82, 2.24) is 5.32 Å². The fraction of sp³-hybridized carbons (Fsp3) is 0.417. The predicted molar refractivity (Wildman–Crippen MR) is 121 cm³/mol. The zero-order valence-electron chi connectivity index (χ0n) is 18.0. The normalized spacial score (nSPS) is 16.5. The molecule has 0 radical (unpaired) electrons. The number of benzene rings is 2. The molecule has 0 aromatic heterocycles. The molecule has 1 heterocycles. The smallest absolute Gasteiger partial charge is 0.257 e. The molecule has 3 rings (SSSR count). The number of anilines is 1. The molecule has 0 bridgehead atoms. The number of nitrogens with zero attached hydrogens (tertiary/aromatic N) is 1. The number of guanidine groups is 1. The van der Waals surface area contributed by atoms with Crippen molar-refractivity contribution < 1.29 is 14.3 Å². The van der Waals surface area contributed by atoms with Crippen LogP contribution >= 0.6 is 0 Å². The van der Waals surface area contributed by atoms with Crippen molar-refractivity contribution in [2.45, 2.75) is 45.6 Å². The van der Waals surface area contributed by atoms with Crippen molar-refractivity contribution in [2.75, 3.05) is 25.1 Å². The van der Waals surface area contributed by atoms with Gasteiger partial charge in [-0.1, -0.05) is 26.0 Å². The van der Waals surface area contributed by atoms with Gasteiger partial charge < -0.3 is 14.8 Å². The van der Waals surface area contributed by atoms with E-state index in [0.29, 0.717) is 30.6 Å². The van der Waals surface area contributed by atoms with E-state index in [1.54, 1.807) is 24.3 Å². The average molecular weight is 410 g/mol. The molecule has 30 heavy (non-hydrogen) atoms. The molecule has 0 aliphatic carbocycles. The molecule has 6 heteroatoms. The van der Waals surface area contributed by atoms with E-state index < -0.39 is 0 Å². The van der Waals surface area contributed by atoms with Gasteiger partial charge in [0.15, 0.2) is 0 Å². The second kappa shape index (κ2) is 10.8. The second-order valence-electron chi connectivity index (χ2n) is 7.64. The quantitative estimate of drug-likeness (QED) is 0.518. The molecule has 1 aliphatic heterocycles. The van der Waals surface area contributed by atoms with Crippen molar-refractivity contribution in [2.24, 2.45) is 4.99 Å². The highest BCUT2D eigenvalue weighted by atomic mass is 16.5. The van der Waals surface area contributed by atoms with Crippen LogP contribution < -0.4 is 15.4 Å². The molecule has 1 saturated heterocycles. The minimum absolute atomic E-state index is 0.103. The maximum atomic E-state index is 12.8. The van der Waals surface area contributed by atoms with Gasteiger partial charge in [0, 0.05) is 17.9 Å². The van der Waals surface area contributed by atoms with Gasteiger partial charge in [-0.25, -0.2) is 4.99 Å². The maximum Gasteiger partial charge on any atom is 0.257 e. The van der Waals surface area contributed by atoms with Crippen molar-refractivity contribution in [3.63, 3.8) is 0 Å². The van der Waals surface area contributed by atoms with E-state index in [1.165, 1.54) is 5.56 Å². The van der Waals surface area contributed by atoms with E-state index in [1.807, 2.05) is 19.1 Å². The molecule has 1 atom stereocenters. The Hall–Kier alpha value is -2.86. The summed E-state index contributed by atoms with van der Waals surface area (Å²) in [7, 11) is 0. The Kier molecular flexibility index (Phi) is 7.85. The first-order valence-electron chi connectivity index (χ1n) is 10.6. The summed E-state index contributed by atoms with van der Waals surface area (Å²) in [6, 6.07) is 15.2. The van der Waals surface area contributed by atoms with Crippen LogP contribution in [0.25, 0.3) is 0 Å². The fourth-order valence-electron chi connectivity index (χ4n) is 3.25. The third-order valence-corrected chi connectivity index (χ3v) is 4.95. The van der Waals surface area contributed by atoms with E-state index in [2.05, 4.69) is 41.6 Å². The third-order valence-electron chi connectivity index (χ3n) is 4.95. The van der Waals surface area contributed by atoms with Crippen LogP contribution in [0.2, 0.25) is 0 Å². The Morgan fingerprint density at radius 2 is 2.03 bits per heavy atom. The molecule has 0 spiro atoms. The molecule has 0 saturated carbocycles. The largest absolute Gasteiger partial charge is 0.494 e. The average Bonchev–Trinajstić information content (AvgIpc) is 3.26. The summed E-state index contributed by atoms with van der Waals surface area (Å²) in [4.78, 5) is 17.4. The summed E-state index contributed by atoms with van der Waals surface area (Å²) >= 11 is 0. The maximum absolute atomic E-state index is 12.8. The topological polar surface area (TPSA) is 72.0 Å². The number of amides is 1. The molecule has 2 N–H and O–H groups in total. The van der Waals surface area contributed by atoms with Gasteiger partial charge in [0.25, 0.3) is 5.91 Å². The lowest BCUT2D eigenvalue weighted by Gasteiger charge is -2.15. The summed E-state index contributed by atoms with van der Waals surface area (Å²) in [5, 5.41) is 6.18. The Balaban J connectivity index is 1.73. The van der Waals surface area contributed by atoms with E-state index in [0.717, 1.165) is 30.9 Å². The van der Waals surface area contributed by atoms with Crippen LogP contribution in [-0.4, -0.2) is 37.7 Å². The van der Waals surface area contributed by atoms with Gasteiger partial charge in [-0.2, -0.15) is 0 Å². The number of rotatable bonds is 7. The summed E-state index contributed by atoms with van der Waals surface area (Å²) < 4.78 is 11.1. The summed E-state index contributed by atoms with van der Waals surface area (Å²) in [5.74, 6) is 1.35. The van der Waals surface area contributed by atoms with Gasteiger partial charge in [0.1, 0.15) is 5.75 Å². The molecular formula is C24H31N3O3. The number of hydrogen-bond acceptors (Lipinski definition) is 4. The molecule has 6 nitrogen and oxygen atoms in total. The predicted octanol–water partition coefficient (Wildman–Crippen LogP) is 4.59. The van der Waals surface area contributed by atoms with Gasteiger partial charge in [0.05, 0.1) is 19.3 Å². The number of aliphatic imine (C=N–C) groups is 1. The lowest BCUT2D eigenvalue weighted by Crippen LogP contribution is -2.36. The van der Waals surface area contributed by atoms with Crippen molar-refractivity contribution in [1.29, 1.82) is 0 Å². The van der Waals surface area contributed by atoms with E-state index in [-0.39, 0.29) is 12.0 Å². The molecule has 2 aromatic rings. The minimum Gasteiger partial charge on any atom is -0.494 e. The summed E-state index contributed by atoms with van der Waals surface area (Å²) in [6.07, 6.45) is 2.15. The highest BCUT2D eigenvalue weighted by molar-refractivity contribution is 6.10. The fourth-order valence-corrected chi connectivity index (χ4v) is 3.25.